The molecule has 4 aromatic heterocycles. The SMILES string of the molecule is CN(C)C(=O)[C@@H]1CCc2c(sc3ncnc(Nc4ccc5c(c4)C=NC5)c23)C1.O=C(O)[C@@H]1CCc2c(sc3ncnc(Nc4ccc5c(c4)C=NC5)c23)C1. The second-order valence-electron chi connectivity index (χ2n) is 14.3. The Hall–Kier alpha value is -5.60. The lowest BCUT2D eigenvalue weighted by Crippen LogP contribution is -2.32. The van der Waals surface area contributed by atoms with E-state index in [0.29, 0.717) is 12.8 Å². The number of fused-ring (bicyclic) bond motifs is 8. The van der Waals surface area contributed by atoms with Crippen molar-refractivity contribution < 1.29 is 14.7 Å². The molecule has 2 aliphatic carbocycles. The Labute approximate surface area is 319 Å². The van der Waals surface area contributed by atoms with Gasteiger partial charge in [-0.3, -0.25) is 19.6 Å². The predicted octanol–water partition coefficient (Wildman–Crippen LogP) is 7.12. The largest absolute Gasteiger partial charge is 0.481 e. The number of carbonyl (C=O) groups is 2. The summed E-state index contributed by atoms with van der Waals surface area (Å²) in [5.41, 5.74) is 9.25. The van der Waals surface area contributed by atoms with Gasteiger partial charge in [-0.1, -0.05) is 12.1 Å². The second kappa shape index (κ2) is 14.0. The Kier molecular flexibility index (Phi) is 8.86. The number of aliphatic imine (C=N–C) groups is 2. The van der Waals surface area contributed by atoms with Gasteiger partial charge < -0.3 is 20.6 Å². The summed E-state index contributed by atoms with van der Waals surface area (Å²) in [6.45, 7) is 1.51. The molecule has 10 rings (SSSR count). The molecule has 4 aliphatic rings. The zero-order chi connectivity index (χ0) is 36.9. The topological polar surface area (TPSA) is 158 Å². The molecule has 0 bridgehead atoms. The van der Waals surface area contributed by atoms with Crippen molar-refractivity contribution in [3.05, 3.63) is 92.2 Å². The van der Waals surface area contributed by atoms with Gasteiger partial charge in [-0.15, -0.1) is 22.7 Å². The summed E-state index contributed by atoms with van der Waals surface area (Å²) in [6, 6.07) is 12.5. The number of rotatable bonds is 6. The van der Waals surface area contributed by atoms with Crippen LogP contribution in [-0.4, -0.2) is 68.3 Å². The minimum atomic E-state index is -0.711. The smallest absolute Gasteiger partial charge is 0.306 e. The fourth-order valence-electron chi connectivity index (χ4n) is 7.83. The number of carboxylic acids is 1. The van der Waals surface area contributed by atoms with Crippen LogP contribution in [0, 0.1) is 11.8 Å². The van der Waals surface area contributed by atoms with Crippen molar-refractivity contribution in [1.82, 2.24) is 24.8 Å². The third-order valence-electron chi connectivity index (χ3n) is 10.6. The van der Waals surface area contributed by atoms with Crippen LogP contribution in [0.15, 0.2) is 59.0 Å². The number of aryl methyl sites for hydroxylation is 2. The molecule has 2 aliphatic heterocycles. The highest BCUT2D eigenvalue weighted by molar-refractivity contribution is 7.19. The average Bonchev–Trinajstić information content (AvgIpc) is 3.98. The molecule has 2 aromatic carbocycles. The van der Waals surface area contributed by atoms with Gasteiger partial charge >= 0.3 is 5.97 Å². The lowest BCUT2D eigenvalue weighted by Gasteiger charge is -2.24. The van der Waals surface area contributed by atoms with E-state index in [1.807, 2.05) is 32.6 Å². The maximum atomic E-state index is 12.4. The van der Waals surface area contributed by atoms with Crippen molar-refractivity contribution in [2.75, 3.05) is 24.7 Å². The molecule has 1 amide bonds. The molecule has 0 saturated heterocycles. The van der Waals surface area contributed by atoms with Gasteiger partial charge in [0, 0.05) is 53.6 Å². The molecular weight excluding hydrogens is 719 g/mol. The highest BCUT2D eigenvalue weighted by atomic mass is 32.1. The summed E-state index contributed by atoms with van der Waals surface area (Å²) >= 11 is 3.28. The molecular formula is C40H37N9O3S2. The maximum absolute atomic E-state index is 12.4. The molecule has 54 heavy (non-hydrogen) atoms. The van der Waals surface area contributed by atoms with Crippen molar-refractivity contribution in [3.8, 4) is 0 Å². The minimum Gasteiger partial charge on any atom is -0.481 e. The third-order valence-corrected chi connectivity index (χ3v) is 13.0. The van der Waals surface area contributed by atoms with Crippen LogP contribution in [0.3, 0.4) is 0 Å². The summed E-state index contributed by atoms with van der Waals surface area (Å²) in [4.78, 5) is 56.3. The van der Waals surface area contributed by atoms with E-state index in [0.717, 1.165) is 98.2 Å². The van der Waals surface area contributed by atoms with Crippen LogP contribution >= 0.6 is 22.7 Å². The molecule has 0 unspecified atom stereocenters. The molecule has 12 nitrogen and oxygen atoms in total. The summed E-state index contributed by atoms with van der Waals surface area (Å²) in [5.74, 6) is 0.905. The van der Waals surface area contributed by atoms with Gasteiger partial charge in [0.2, 0.25) is 5.91 Å². The molecule has 6 aromatic rings. The third kappa shape index (κ3) is 6.38. The number of carbonyl (C=O) groups excluding carboxylic acids is 1. The normalized spacial score (nSPS) is 17.7. The Morgan fingerprint density at radius 3 is 1.72 bits per heavy atom. The molecule has 14 heteroatoms. The number of anilines is 4. The van der Waals surface area contributed by atoms with Gasteiger partial charge in [0.05, 0.1) is 29.8 Å². The second-order valence-corrected chi connectivity index (χ2v) is 16.4. The number of nitrogens with zero attached hydrogens (tertiary/aromatic N) is 7. The highest BCUT2D eigenvalue weighted by Crippen LogP contribution is 2.42. The Bertz CT molecular complexity index is 2540. The fraction of sp³-hybridized carbons (Fsp3) is 0.300. The summed E-state index contributed by atoms with van der Waals surface area (Å²) in [5, 5.41) is 18.4. The van der Waals surface area contributed by atoms with Crippen LogP contribution in [-0.2, 0) is 48.4 Å². The van der Waals surface area contributed by atoms with E-state index in [1.54, 1.807) is 40.2 Å². The lowest BCUT2D eigenvalue weighted by atomic mass is 9.87. The van der Waals surface area contributed by atoms with Crippen molar-refractivity contribution in [2.24, 2.45) is 21.8 Å². The van der Waals surface area contributed by atoms with E-state index in [9.17, 15) is 14.7 Å². The van der Waals surface area contributed by atoms with Crippen LogP contribution < -0.4 is 10.6 Å². The quantitative estimate of drug-likeness (QED) is 0.161. The first kappa shape index (κ1) is 34.2. The van der Waals surface area contributed by atoms with Crippen molar-refractivity contribution >= 4 is 90.4 Å². The fourth-order valence-corrected chi connectivity index (χ4v) is 10.4. The standard InChI is InChI=1S/C21H21N5OS.C19H16N4O2S/c1-26(2)21(27)12-4-6-16-17(8-12)28-20-18(16)19(23-11-24-20)25-15-5-3-13-9-22-10-14(13)7-15;24-19(25)10-2-4-14-15(6-10)26-18-16(14)17(21-9-22-18)23-13-3-1-11-7-20-8-12(11)5-13/h3,5,7,10-12H,4,6,8-9H2,1-2H3,(H,23,24,25);1,3,5,8-10H,2,4,6-7H2,(H,24,25)(H,21,22,23)/t12-;10-/m11/s1. The monoisotopic (exact) mass is 755 g/mol. The molecule has 6 heterocycles. The van der Waals surface area contributed by atoms with Crippen molar-refractivity contribution in [3.63, 3.8) is 0 Å². The van der Waals surface area contributed by atoms with Crippen LogP contribution in [0.5, 0.6) is 0 Å². The molecule has 0 fully saturated rings. The minimum absolute atomic E-state index is 0.0657. The first-order valence-corrected chi connectivity index (χ1v) is 19.7. The van der Waals surface area contributed by atoms with Crippen LogP contribution in [0.25, 0.3) is 20.4 Å². The summed E-state index contributed by atoms with van der Waals surface area (Å²) in [6.07, 6.45) is 11.6. The van der Waals surface area contributed by atoms with Crippen molar-refractivity contribution in [2.45, 2.75) is 51.6 Å². The number of amides is 1. The van der Waals surface area contributed by atoms with E-state index in [-0.39, 0.29) is 17.7 Å². The molecule has 272 valence electrons. The maximum Gasteiger partial charge on any atom is 0.306 e. The Balaban J connectivity index is 0.000000143. The van der Waals surface area contributed by atoms with E-state index in [1.165, 1.54) is 27.1 Å². The van der Waals surface area contributed by atoms with Crippen LogP contribution in [0.2, 0.25) is 0 Å². The molecule has 0 spiro atoms. The number of thiophene rings is 2. The number of benzene rings is 2. The molecule has 2 atom stereocenters. The van der Waals surface area contributed by atoms with Gasteiger partial charge in [-0.2, -0.15) is 0 Å². The van der Waals surface area contributed by atoms with Gasteiger partial charge in [0.25, 0.3) is 0 Å². The first-order chi connectivity index (χ1) is 26.3. The zero-order valence-corrected chi connectivity index (χ0v) is 31.4. The Morgan fingerprint density at radius 2 is 1.22 bits per heavy atom. The van der Waals surface area contributed by atoms with E-state index >= 15 is 0 Å². The van der Waals surface area contributed by atoms with E-state index < -0.39 is 5.97 Å². The van der Waals surface area contributed by atoms with Gasteiger partial charge in [-0.25, -0.2) is 19.9 Å². The van der Waals surface area contributed by atoms with E-state index in [4.69, 9.17) is 0 Å². The molecule has 0 saturated carbocycles. The number of carboxylic acid groups (broad SMARTS) is 1. The van der Waals surface area contributed by atoms with Crippen molar-refractivity contribution in [1.29, 1.82) is 0 Å². The van der Waals surface area contributed by atoms with Crippen LogP contribution in [0.1, 0.15) is 56.0 Å². The molecule has 3 N–H and O–H groups in total. The van der Waals surface area contributed by atoms with Gasteiger partial charge in [0.1, 0.15) is 34.0 Å². The number of nitrogens with one attached hydrogen (secondary N) is 2. The number of aliphatic carboxylic acids is 1. The van der Waals surface area contributed by atoms with Gasteiger partial charge in [-0.05, 0) is 96.2 Å². The summed E-state index contributed by atoms with van der Waals surface area (Å²) in [7, 11) is 3.66. The zero-order valence-electron chi connectivity index (χ0n) is 29.8. The van der Waals surface area contributed by atoms with Crippen LogP contribution in [0.4, 0.5) is 23.0 Å². The highest BCUT2D eigenvalue weighted by Gasteiger charge is 2.31. The predicted molar refractivity (Wildman–Crippen MR) is 214 cm³/mol. The molecule has 0 radical (unpaired) electrons. The lowest BCUT2D eigenvalue weighted by molar-refractivity contribution is -0.142. The number of hydrogen-bond acceptors (Lipinski definition) is 12. The number of hydrogen-bond donors (Lipinski definition) is 3. The number of aromatic nitrogens is 4. The first-order valence-electron chi connectivity index (χ1n) is 18.0. The van der Waals surface area contributed by atoms with E-state index in [2.05, 4.69) is 70.9 Å². The summed E-state index contributed by atoms with van der Waals surface area (Å²) < 4.78 is 0. The van der Waals surface area contributed by atoms with Gasteiger partial charge in [0.15, 0.2) is 0 Å². The average molecular weight is 756 g/mol. The Morgan fingerprint density at radius 1 is 0.722 bits per heavy atom.